The van der Waals surface area contributed by atoms with Crippen molar-refractivity contribution in [1.29, 1.82) is 5.26 Å². The fourth-order valence-electron chi connectivity index (χ4n) is 6.72. The molecule has 3 rings (SSSR count). The van der Waals surface area contributed by atoms with Gasteiger partial charge in [-0.05, 0) is 92.6 Å². The first-order valence-electron chi connectivity index (χ1n) is 14.7. The molecule has 1 atom stereocenters. The normalized spacial score (nSPS) is 26.6. The molecular formula is C32H51N. The highest BCUT2D eigenvalue weighted by Gasteiger charge is 2.31. The summed E-state index contributed by atoms with van der Waals surface area (Å²) in [6, 6.07) is 12.4. The SMILES string of the molecule is CCCCCCc1ccc([C@H]2CC[C@H](CC(C#N)[C@H]3CC[C@H](CCCCC)CC3)CC2)cc1. The van der Waals surface area contributed by atoms with E-state index in [1.54, 1.807) is 5.56 Å². The van der Waals surface area contributed by atoms with Gasteiger partial charge in [-0.3, -0.25) is 0 Å². The van der Waals surface area contributed by atoms with Crippen LogP contribution >= 0.6 is 0 Å². The van der Waals surface area contributed by atoms with Gasteiger partial charge < -0.3 is 0 Å². The van der Waals surface area contributed by atoms with Crippen molar-refractivity contribution in [3.63, 3.8) is 0 Å². The zero-order valence-corrected chi connectivity index (χ0v) is 21.9. The Balaban J connectivity index is 1.37. The highest BCUT2D eigenvalue weighted by atomic mass is 14.4. The molecule has 1 unspecified atom stereocenters. The average molecular weight is 450 g/mol. The fraction of sp³-hybridized carbons (Fsp3) is 0.781. The van der Waals surface area contributed by atoms with Crippen molar-refractivity contribution in [1.82, 2.24) is 0 Å². The van der Waals surface area contributed by atoms with Gasteiger partial charge in [0.05, 0.1) is 6.07 Å². The van der Waals surface area contributed by atoms with E-state index in [9.17, 15) is 5.26 Å². The standard InChI is InChI=1S/C32H51N/c1-3-5-7-9-11-27-12-18-29(19-13-27)30-22-16-28(17-23-30)24-32(25-33)31-20-14-26(15-21-31)10-8-6-4-2/h12-13,18-19,26,28,30-32H,3-11,14-17,20-24H2,1-2H3/t26-,28-,30-,31-,32?. The maximum absolute atomic E-state index is 9.95. The number of aryl methyl sites for hydroxylation is 1. The van der Waals surface area contributed by atoms with Crippen LogP contribution in [0.4, 0.5) is 0 Å². The van der Waals surface area contributed by atoms with Gasteiger partial charge in [0.25, 0.3) is 0 Å². The lowest BCUT2D eigenvalue weighted by Crippen LogP contribution is -2.24. The molecular weight excluding hydrogens is 398 g/mol. The summed E-state index contributed by atoms with van der Waals surface area (Å²) in [6.45, 7) is 4.58. The number of nitriles is 1. The van der Waals surface area contributed by atoms with Gasteiger partial charge in [0.2, 0.25) is 0 Å². The fourth-order valence-corrected chi connectivity index (χ4v) is 6.72. The van der Waals surface area contributed by atoms with Crippen molar-refractivity contribution >= 4 is 0 Å². The molecule has 33 heavy (non-hydrogen) atoms. The lowest BCUT2D eigenvalue weighted by molar-refractivity contribution is 0.187. The van der Waals surface area contributed by atoms with Gasteiger partial charge in [-0.25, -0.2) is 0 Å². The smallest absolute Gasteiger partial charge is 0.0658 e. The number of benzene rings is 1. The van der Waals surface area contributed by atoms with Crippen molar-refractivity contribution in [2.45, 2.75) is 135 Å². The maximum atomic E-state index is 9.95. The van der Waals surface area contributed by atoms with Crippen LogP contribution in [0.2, 0.25) is 0 Å². The molecule has 2 aliphatic rings. The van der Waals surface area contributed by atoms with E-state index in [0.717, 1.165) is 17.8 Å². The van der Waals surface area contributed by atoms with Gasteiger partial charge in [-0.15, -0.1) is 0 Å². The van der Waals surface area contributed by atoms with Crippen molar-refractivity contribution in [3.8, 4) is 6.07 Å². The van der Waals surface area contributed by atoms with Crippen molar-refractivity contribution in [2.24, 2.45) is 23.7 Å². The zero-order valence-electron chi connectivity index (χ0n) is 21.9. The predicted molar refractivity (Wildman–Crippen MR) is 142 cm³/mol. The molecule has 1 aromatic carbocycles. The first-order valence-corrected chi connectivity index (χ1v) is 14.7. The van der Waals surface area contributed by atoms with Crippen LogP contribution in [0, 0.1) is 35.0 Å². The molecule has 2 aliphatic carbocycles. The van der Waals surface area contributed by atoms with Gasteiger partial charge >= 0.3 is 0 Å². The summed E-state index contributed by atoms with van der Waals surface area (Å²) in [5.74, 6) is 3.47. The molecule has 0 spiro atoms. The molecule has 0 amide bonds. The lowest BCUT2D eigenvalue weighted by Gasteiger charge is -2.34. The van der Waals surface area contributed by atoms with Crippen LogP contribution < -0.4 is 0 Å². The molecule has 0 saturated heterocycles. The van der Waals surface area contributed by atoms with Crippen LogP contribution in [-0.2, 0) is 6.42 Å². The third kappa shape index (κ3) is 8.77. The van der Waals surface area contributed by atoms with Gasteiger partial charge in [0.15, 0.2) is 0 Å². The molecule has 2 fully saturated rings. The average Bonchev–Trinajstić information content (AvgIpc) is 2.87. The lowest BCUT2D eigenvalue weighted by atomic mass is 9.70. The molecule has 2 saturated carbocycles. The molecule has 0 radical (unpaired) electrons. The zero-order chi connectivity index (χ0) is 23.3. The third-order valence-corrected chi connectivity index (χ3v) is 9.05. The topological polar surface area (TPSA) is 23.8 Å². The van der Waals surface area contributed by atoms with E-state index in [2.05, 4.69) is 44.2 Å². The van der Waals surface area contributed by atoms with Crippen LogP contribution in [0.1, 0.15) is 140 Å². The Bertz CT molecular complexity index is 667. The summed E-state index contributed by atoms with van der Waals surface area (Å²) in [5, 5.41) is 9.95. The summed E-state index contributed by atoms with van der Waals surface area (Å²) < 4.78 is 0. The Hall–Kier alpha value is -1.29. The minimum Gasteiger partial charge on any atom is -0.198 e. The molecule has 0 heterocycles. The Morgan fingerprint density at radius 2 is 1.39 bits per heavy atom. The predicted octanol–water partition coefficient (Wildman–Crippen LogP) is 10.00. The van der Waals surface area contributed by atoms with E-state index in [-0.39, 0.29) is 0 Å². The minimum absolute atomic E-state index is 0.315. The molecule has 0 aliphatic heterocycles. The summed E-state index contributed by atoms with van der Waals surface area (Å²) in [6.07, 6.45) is 24.1. The number of unbranched alkanes of at least 4 members (excludes halogenated alkanes) is 5. The Labute approximate surface area is 205 Å². The minimum atomic E-state index is 0.315. The quantitative estimate of drug-likeness (QED) is 0.275. The summed E-state index contributed by atoms with van der Waals surface area (Å²) >= 11 is 0. The molecule has 1 heteroatoms. The number of rotatable bonds is 13. The molecule has 184 valence electrons. The van der Waals surface area contributed by atoms with E-state index in [1.165, 1.54) is 121 Å². The second-order valence-electron chi connectivity index (χ2n) is 11.5. The van der Waals surface area contributed by atoms with Crippen molar-refractivity contribution < 1.29 is 0 Å². The summed E-state index contributed by atoms with van der Waals surface area (Å²) in [4.78, 5) is 0. The molecule has 0 aromatic heterocycles. The molecule has 1 aromatic rings. The Kier molecular flexibility index (Phi) is 11.9. The molecule has 0 bridgehead atoms. The first-order chi connectivity index (χ1) is 16.2. The van der Waals surface area contributed by atoms with E-state index >= 15 is 0 Å². The van der Waals surface area contributed by atoms with Gasteiger partial charge in [0.1, 0.15) is 0 Å². The van der Waals surface area contributed by atoms with Gasteiger partial charge in [-0.1, -0.05) is 95.9 Å². The summed E-state index contributed by atoms with van der Waals surface area (Å²) in [5.41, 5.74) is 3.07. The largest absolute Gasteiger partial charge is 0.198 e. The van der Waals surface area contributed by atoms with Crippen LogP contribution in [-0.4, -0.2) is 0 Å². The molecule has 0 N–H and O–H groups in total. The number of hydrogen-bond donors (Lipinski definition) is 0. The van der Waals surface area contributed by atoms with E-state index < -0.39 is 0 Å². The third-order valence-electron chi connectivity index (χ3n) is 9.05. The number of hydrogen-bond acceptors (Lipinski definition) is 1. The van der Waals surface area contributed by atoms with Crippen LogP contribution in [0.15, 0.2) is 24.3 Å². The van der Waals surface area contributed by atoms with Crippen LogP contribution in [0.5, 0.6) is 0 Å². The van der Waals surface area contributed by atoms with E-state index in [4.69, 9.17) is 0 Å². The van der Waals surface area contributed by atoms with Crippen molar-refractivity contribution in [3.05, 3.63) is 35.4 Å². The number of nitrogens with zero attached hydrogens (tertiary/aromatic N) is 1. The first kappa shape index (κ1) is 26.3. The maximum Gasteiger partial charge on any atom is 0.0658 e. The second-order valence-corrected chi connectivity index (χ2v) is 11.5. The van der Waals surface area contributed by atoms with Crippen LogP contribution in [0.3, 0.4) is 0 Å². The summed E-state index contributed by atoms with van der Waals surface area (Å²) in [7, 11) is 0. The van der Waals surface area contributed by atoms with Crippen LogP contribution in [0.25, 0.3) is 0 Å². The highest BCUT2D eigenvalue weighted by molar-refractivity contribution is 5.26. The highest BCUT2D eigenvalue weighted by Crippen LogP contribution is 2.42. The van der Waals surface area contributed by atoms with E-state index in [1.807, 2.05) is 0 Å². The van der Waals surface area contributed by atoms with E-state index in [0.29, 0.717) is 11.8 Å². The van der Waals surface area contributed by atoms with Gasteiger partial charge in [-0.2, -0.15) is 5.26 Å². The van der Waals surface area contributed by atoms with Gasteiger partial charge in [0, 0.05) is 5.92 Å². The molecule has 1 nitrogen and oxygen atoms in total. The Morgan fingerprint density at radius 3 is 2.03 bits per heavy atom. The van der Waals surface area contributed by atoms with Crippen molar-refractivity contribution in [2.75, 3.05) is 0 Å². The monoisotopic (exact) mass is 449 g/mol. The Morgan fingerprint density at radius 1 is 0.758 bits per heavy atom. The second kappa shape index (κ2) is 14.9.